The molecule has 2 aromatic heterocycles. The van der Waals surface area contributed by atoms with E-state index in [1.54, 1.807) is 18.4 Å². The number of fused-ring (bicyclic) bond motifs is 3. The summed E-state index contributed by atoms with van der Waals surface area (Å²) in [6, 6.07) is 7.27. The fourth-order valence-corrected chi connectivity index (χ4v) is 6.00. The van der Waals surface area contributed by atoms with Crippen LogP contribution in [-0.4, -0.2) is 28.6 Å². The molecule has 0 aliphatic heterocycles. The van der Waals surface area contributed by atoms with Gasteiger partial charge < -0.3 is 4.74 Å². The normalized spacial score (nSPS) is 16.3. The number of Topliss-reactive ketones (excluding diaryl/α,β-unsaturated/α-hetero) is 1. The predicted molar refractivity (Wildman–Crippen MR) is 111 cm³/mol. The van der Waals surface area contributed by atoms with Crippen molar-refractivity contribution in [3.05, 3.63) is 46.1 Å². The molecular weight excluding hydrogens is 376 g/mol. The molecule has 1 aliphatic carbocycles. The van der Waals surface area contributed by atoms with Gasteiger partial charge in [0.2, 0.25) is 0 Å². The highest BCUT2D eigenvalue weighted by atomic mass is 32.2. The van der Waals surface area contributed by atoms with Crippen LogP contribution in [0.15, 0.2) is 29.3 Å². The fourth-order valence-electron chi connectivity index (χ4n) is 3.51. The first-order valence-electron chi connectivity index (χ1n) is 9.14. The second-order valence-electron chi connectivity index (χ2n) is 7.05. The highest BCUT2D eigenvalue weighted by Gasteiger charge is 2.24. The number of thiophene rings is 1. The van der Waals surface area contributed by atoms with Gasteiger partial charge in [0, 0.05) is 15.8 Å². The zero-order valence-corrected chi connectivity index (χ0v) is 17.4. The van der Waals surface area contributed by atoms with Gasteiger partial charge >= 0.3 is 0 Å². The van der Waals surface area contributed by atoms with Crippen LogP contribution < -0.4 is 4.74 Å². The number of nitrogens with zero attached hydrogens (tertiary/aromatic N) is 2. The Morgan fingerprint density at radius 1 is 1.30 bits per heavy atom. The van der Waals surface area contributed by atoms with Crippen molar-refractivity contribution in [1.82, 2.24) is 9.97 Å². The molecule has 4 rings (SSSR count). The first-order valence-corrected chi connectivity index (χ1v) is 10.9. The van der Waals surface area contributed by atoms with E-state index in [2.05, 4.69) is 16.9 Å². The van der Waals surface area contributed by atoms with E-state index in [1.165, 1.54) is 34.0 Å². The summed E-state index contributed by atoms with van der Waals surface area (Å²) >= 11 is 3.33. The Bertz CT molecular complexity index is 996. The van der Waals surface area contributed by atoms with E-state index in [9.17, 15) is 4.79 Å². The van der Waals surface area contributed by atoms with Crippen molar-refractivity contribution < 1.29 is 9.53 Å². The molecule has 0 saturated heterocycles. The molecule has 0 N–H and O–H groups in total. The van der Waals surface area contributed by atoms with Crippen LogP contribution in [0.4, 0.5) is 0 Å². The zero-order chi connectivity index (χ0) is 19.0. The summed E-state index contributed by atoms with van der Waals surface area (Å²) in [6.45, 7) is 4.24. The number of carbonyl (C=O) groups excluding carboxylic acids is 1. The minimum absolute atomic E-state index is 0.102. The molecule has 4 nitrogen and oxygen atoms in total. The Kier molecular flexibility index (Phi) is 5.19. The summed E-state index contributed by atoms with van der Waals surface area (Å²) in [7, 11) is 1.62. The summed E-state index contributed by atoms with van der Waals surface area (Å²) in [4.78, 5) is 24.5. The molecule has 2 heterocycles. The van der Waals surface area contributed by atoms with Crippen LogP contribution in [0.2, 0.25) is 0 Å². The third-order valence-electron chi connectivity index (χ3n) is 4.99. The lowest BCUT2D eigenvalue weighted by Gasteiger charge is -2.18. The molecule has 0 amide bonds. The highest BCUT2D eigenvalue weighted by Crippen LogP contribution is 2.41. The Morgan fingerprint density at radius 3 is 2.81 bits per heavy atom. The van der Waals surface area contributed by atoms with Crippen LogP contribution in [0.25, 0.3) is 10.2 Å². The van der Waals surface area contributed by atoms with Crippen molar-refractivity contribution >= 4 is 39.1 Å². The lowest BCUT2D eigenvalue weighted by molar-refractivity contribution is 0.102. The van der Waals surface area contributed by atoms with E-state index in [-0.39, 0.29) is 5.78 Å². The van der Waals surface area contributed by atoms with Crippen molar-refractivity contribution in [3.63, 3.8) is 0 Å². The standard InChI is InChI=1S/C21H22N2O2S2/c1-12-4-9-16-18(10-12)27-21-19(16)20(22-13(2)23-21)26-11-17(24)14-5-7-15(25-3)8-6-14/h5-8,12H,4,9-11H2,1-3H3/t12-/m1/s1. The van der Waals surface area contributed by atoms with Gasteiger partial charge in [-0.05, 0) is 61.9 Å². The Morgan fingerprint density at radius 2 is 2.07 bits per heavy atom. The molecular formula is C21H22N2O2S2. The number of aromatic nitrogens is 2. The number of ether oxygens (including phenoxy) is 1. The van der Waals surface area contributed by atoms with Crippen LogP contribution in [-0.2, 0) is 12.8 Å². The van der Waals surface area contributed by atoms with Crippen molar-refractivity contribution in [1.29, 1.82) is 0 Å². The van der Waals surface area contributed by atoms with Gasteiger partial charge in [-0.2, -0.15) is 0 Å². The molecule has 140 valence electrons. The number of carbonyl (C=O) groups is 1. The SMILES string of the molecule is COc1ccc(C(=O)CSc2nc(C)nc3sc4c(c23)CC[C@@H](C)C4)cc1. The van der Waals surface area contributed by atoms with E-state index < -0.39 is 0 Å². The van der Waals surface area contributed by atoms with Gasteiger partial charge in [-0.3, -0.25) is 4.79 Å². The highest BCUT2D eigenvalue weighted by molar-refractivity contribution is 8.00. The number of hydrogen-bond donors (Lipinski definition) is 0. The molecule has 0 spiro atoms. The summed E-state index contributed by atoms with van der Waals surface area (Å²) < 4.78 is 5.16. The first-order chi connectivity index (χ1) is 13.0. The summed E-state index contributed by atoms with van der Waals surface area (Å²) in [6.07, 6.45) is 3.43. The molecule has 0 radical (unpaired) electrons. The molecule has 1 aliphatic rings. The zero-order valence-electron chi connectivity index (χ0n) is 15.7. The third-order valence-corrected chi connectivity index (χ3v) is 7.11. The van der Waals surface area contributed by atoms with Crippen LogP contribution >= 0.6 is 23.1 Å². The molecule has 27 heavy (non-hydrogen) atoms. The van der Waals surface area contributed by atoms with E-state index in [4.69, 9.17) is 4.74 Å². The molecule has 1 atom stereocenters. The average Bonchev–Trinajstić information content (AvgIpc) is 3.02. The monoisotopic (exact) mass is 398 g/mol. The van der Waals surface area contributed by atoms with E-state index in [0.717, 1.165) is 40.2 Å². The molecule has 0 unspecified atom stereocenters. The second-order valence-corrected chi connectivity index (χ2v) is 9.10. The maximum Gasteiger partial charge on any atom is 0.173 e. The van der Waals surface area contributed by atoms with E-state index in [0.29, 0.717) is 11.3 Å². The second kappa shape index (κ2) is 7.60. The number of rotatable bonds is 5. The number of benzene rings is 1. The number of thioether (sulfide) groups is 1. The quantitative estimate of drug-likeness (QED) is 0.340. The van der Waals surface area contributed by atoms with Gasteiger partial charge in [-0.15, -0.1) is 11.3 Å². The Labute approximate surface area is 167 Å². The number of hydrogen-bond acceptors (Lipinski definition) is 6. The summed E-state index contributed by atoms with van der Waals surface area (Å²) in [5, 5.41) is 2.13. The Balaban J connectivity index is 1.60. The van der Waals surface area contributed by atoms with Gasteiger partial charge in [0.1, 0.15) is 21.4 Å². The fraction of sp³-hybridized carbons (Fsp3) is 0.381. The van der Waals surface area contributed by atoms with Crippen LogP contribution in [0.5, 0.6) is 5.75 Å². The van der Waals surface area contributed by atoms with Crippen molar-refractivity contribution in [2.24, 2.45) is 5.92 Å². The topological polar surface area (TPSA) is 52.1 Å². The molecule has 1 aromatic carbocycles. The van der Waals surface area contributed by atoms with Gasteiger partial charge in [0.25, 0.3) is 0 Å². The first kappa shape index (κ1) is 18.4. The van der Waals surface area contributed by atoms with Crippen LogP contribution in [0.3, 0.4) is 0 Å². The summed E-state index contributed by atoms with van der Waals surface area (Å²) in [5.74, 6) is 2.73. The van der Waals surface area contributed by atoms with Crippen molar-refractivity contribution in [2.45, 2.75) is 38.1 Å². The van der Waals surface area contributed by atoms with E-state index in [1.807, 2.05) is 31.2 Å². The van der Waals surface area contributed by atoms with Gasteiger partial charge in [-0.1, -0.05) is 18.7 Å². The average molecular weight is 399 g/mol. The maximum absolute atomic E-state index is 12.6. The number of aryl methyl sites for hydroxylation is 2. The molecule has 0 fully saturated rings. The smallest absolute Gasteiger partial charge is 0.173 e. The summed E-state index contributed by atoms with van der Waals surface area (Å²) in [5.41, 5.74) is 2.11. The van der Waals surface area contributed by atoms with Gasteiger partial charge in [0.05, 0.1) is 12.9 Å². The van der Waals surface area contributed by atoms with Crippen LogP contribution in [0, 0.1) is 12.8 Å². The molecule has 0 bridgehead atoms. The molecule has 6 heteroatoms. The maximum atomic E-state index is 12.6. The van der Waals surface area contributed by atoms with E-state index >= 15 is 0 Å². The largest absolute Gasteiger partial charge is 0.497 e. The van der Waals surface area contributed by atoms with Crippen molar-refractivity contribution in [3.8, 4) is 5.75 Å². The predicted octanol–water partition coefficient (Wildman–Crippen LogP) is 5.11. The van der Waals surface area contributed by atoms with Gasteiger partial charge in [-0.25, -0.2) is 9.97 Å². The molecule has 0 saturated carbocycles. The minimum atomic E-state index is 0.102. The molecule has 3 aromatic rings. The third kappa shape index (κ3) is 3.73. The Hall–Kier alpha value is -1.92. The van der Waals surface area contributed by atoms with Crippen LogP contribution in [0.1, 0.15) is 40.0 Å². The number of methoxy groups -OCH3 is 1. The van der Waals surface area contributed by atoms with Crippen molar-refractivity contribution in [2.75, 3.05) is 12.9 Å². The lowest BCUT2D eigenvalue weighted by atomic mass is 9.89. The minimum Gasteiger partial charge on any atom is -0.497 e. The van der Waals surface area contributed by atoms with Gasteiger partial charge in [0.15, 0.2) is 5.78 Å². The lowest BCUT2D eigenvalue weighted by Crippen LogP contribution is -2.09. The number of ketones is 1.